The third-order valence-corrected chi connectivity index (χ3v) is 4.24. The molecule has 0 heterocycles. The monoisotopic (exact) mass is 409 g/mol. The fraction of sp³-hybridized carbons (Fsp3) is 0.316. The van der Waals surface area contributed by atoms with Gasteiger partial charge in [-0.2, -0.15) is 0 Å². The number of benzene rings is 2. The highest BCUT2D eigenvalue weighted by Gasteiger charge is 2.18. The molecule has 134 valence electrons. The number of rotatable bonds is 7. The minimum Gasteiger partial charge on any atom is -0.493 e. The van der Waals surface area contributed by atoms with Gasteiger partial charge in [-0.05, 0) is 50.2 Å². The molecule has 0 saturated carbocycles. The zero-order valence-corrected chi connectivity index (χ0v) is 16.1. The van der Waals surface area contributed by atoms with Gasteiger partial charge in [0.05, 0.1) is 13.7 Å². The summed E-state index contributed by atoms with van der Waals surface area (Å²) < 4.78 is 25.5. The molecular formula is C19H21BrFNO3. The van der Waals surface area contributed by atoms with E-state index in [9.17, 15) is 9.18 Å². The van der Waals surface area contributed by atoms with Crippen molar-refractivity contribution in [3.8, 4) is 11.5 Å². The van der Waals surface area contributed by atoms with Crippen LogP contribution in [0.1, 0.15) is 29.8 Å². The van der Waals surface area contributed by atoms with Crippen LogP contribution >= 0.6 is 15.9 Å². The van der Waals surface area contributed by atoms with Crippen LogP contribution in [0.25, 0.3) is 0 Å². The van der Waals surface area contributed by atoms with Crippen LogP contribution in [0.2, 0.25) is 0 Å². The predicted molar refractivity (Wildman–Crippen MR) is 98.7 cm³/mol. The summed E-state index contributed by atoms with van der Waals surface area (Å²) in [4.78, 5) is 14.4. The zero-order valence-electron chi connectivity index (χ0n) is 14.5. The van der Waals surface area contributed by atoms with Gasteiger partial charge in [-0.3, -0.25) is 4.79 Å². The van der Waals surface area contributed by atoms with Crippen molar-refractivity contribution in [1.29, 1.82) is 0 Å². The molecule has 0 unspecified atom stereocenters. The topological polar surface area (TPSA) is 38.8 Å². The van der Waals surface area contributed by atoms with Gasteiger partial charge in [0.25, 0.3) is 5.91 Å². The molecule has 0 aliphatic rings. The molecule has 0 aliphatic carbocycles. The fourth-order valence-electron chi connectivity index (χ4n) is 2.46. The number of nitrogens with zero attached hydrogens (tertiary/aromatic N) is 1. The van der Waals surface area contributed by atoms with E-state index in [0.29, 0.717) is 35.8 Å². The van der Waals surface area contributed by atoms with E-state index in [2.05, 4.69) is 15.9 Å². The average molecular weight is 410 g/mol. The first-order valence-corrected chi connectivity index (χ1v) is 8.83. The SMILES string of the molecule is CCOc1ccc(C(=O)N(CC)Cc2cc(Br)ccc2F)cc1OC. The summed E-state index contributed by atoms with van der Waals surface area (Å²) in [6.45, 7) is 4.90. The van der Waals surface area contributed by atoms with E-state index in [1.165, 1.54) is 13.2 Å². The quantitative estimate of drug-likeness (QED) is 0.667. The zero-order chi connectivity index (χ0) is 18.4. The Balaban J connectivity index is 2.26. The van der Waals surface area contributed by atoms with E-state index >= 15 is 0 Å². The standard InChI is InChI=1S/C19H21BrFNO3/c1-4-22(12-14-10-15(20)7-8-16(14)21)19(23)13-6-9-17(25-5-2)18(11-13)24-3/h6-11H,4-5,12H2,1-3H3. The van der Waals surface area contributed by atoms with E-state index in [1.807, 2.05) is 13.8 Å². The van der Waals surface area contributed by atoms with Gasteiger partial charge in [0, 0.05) is 28.7 Å². The Labute approximate surface area is 155 Å². The lowest BCUT2D eigenvalue weighted by molar-refractivity contribution is 0.0750. The van der Waals surface area contributed by atoms with E-state index < -0.39 is 0 Å². The van der Waals surface area contributed by atoms with Gasteiger partial charge in [0.2, 0.25) is 0 Å². The van der Waals surface area contributed by atoms with Crippen LogP contribution < -0.4 is 9.47 Å². The Morgan fingerprint density at radius 1 is 1.16 bits per heavy atom. The molecule has 25 heavy (non-hydrogen) atoms. The summed E-state index contributed by atoms with van der Waals surface area (Å²) in [5.41, 5.74) is 0.931. The lowest BCUT2D eigenvalue weighted by Crippen LogP contribution is -2.30. The molecule has 0 spiro atoms. The van der Waals surface area contributed by atoms with Gasteiger partial charge in [-0.1, -0.05) is 15.9 Å². The molecule has 6 heteroatoms. The number of carbonyl (C=O) groups is 1. The minimum atomic E-state index is -0.335. The van der Waals surface area contributed by atoms with Crippen molar-refractivity contribution in [2.75, 3.05) is 20.3 Å². The Morgan fingerprint density at radius 2 is 1.92 bits per heavy atom. The molecule has 0 saturated heterocycles. The van der Waals surface area contributed by atoms with Crippen LogP contribution in [0.15, 0.2) is 40.9 Å². The molecule has 4 nitrogen and oxygen atoms in total. The Kier molecular flexibility index (Phi) is 6.82. The van der Waals surface area contributed by atoms with E-state index in [4.69, 9.17) is 9.47 Å². The van der Waals surface area contributed by atoms with E-state index in [1.54, 1.807) is 35.2 Å². The molecule has 0 radical (unpaired) electrons. The van der Waals surface area contributed by atoms with Crippen molar-refractivity contribution in [2.24, 2.45) is 0 Å². The smallest absolute Gasteiger partial charge is 0.254 e. The third-order valence-electron chi connectivity index (χ3n) is 3.75. The van der Waals surface area contributed by atoms with Crippen molar-refractivity contribution in [1.82, 2.24) is 4.90 Å². The molecule has 0 aromatic heterocycles. The fourth-order valence-corrected chi connectivity index (χ4v) is 2.86. The van der Waals surface area contributed by atoms with Gasteiger partial charge in [-0.15, -0.1) is 0 Å². The van der Waals surface area contributed by atoms with Crippen molar-refractivity contribution in [3.05, 3.63) is 57.8 Å². The van der Waals surface area contributed by atoms with Crippen molar-refractivity contribution in [2.45, 2.75) is 20.4 Å². The largest absolute Gasteiger partial charge is 0.493 e. The molecule has 2 aromatic carbocycles. The maximum atomic E-state index is 14.0. The Morgan fingerprint density at radius 3 is 2.56 bits per heavy atom. The number of methoxy groups -OCH3 is 1. The summed E-state index contributed by atoms with van der Waals surface area (Å²) in [5, 5.41) is 0. The summed E-state index contributed by atoms with van der Waals surface area (Å²) in [6, 6.07) is 9.75. The molecule has 0 N–H and O–H groups in total. The van der Waals surface area contributed by atoms with Crippen molar-refractivity contribution >= 4 is 21.8 Å². The summed E-state index contributed by atoms with van der Waals surface area (Å²) >= 11 is 3.33. The number of hydrogen-bond acceptors (Lipinski definition) is 3. The molecule has 0 bridgehead atoms. The molecule has 2 rings (SSSR count). The second-order valence-corrected chi connectivity index (χ2v) is 6.27. The number of hydrogen-bond donors (Lipinski definition) is 0. The molecule has 1 amide bonds. The van der Waals surface area contributed by atoms with Crippen LogP contribution in [-0.4, -0.2) is 31.1 Å². The number of halogens is 2. The minimum absolute atomic E-state index is 0.191. The van der Waals surface area contributed by atoms with Crippen LogP contribution in [0.3, 0.4) is 0 Å². The molecule has 0 fully saturated rings. The van der Waals surface area contributed by atoms with Gasteiger partial charge >= 0.3 is 0 Å². The van der Waals surface area contributed by atoms with Gasteiger partial charge in [-0.25, -0.2) is 4.39 Å². The normalized spacial score (nSPS) is 10.4. The first-order valence-electron chi connectivity index (χ1n) is 8.04. The maximum Gasteiger partial charge on any atom is 0.254 e. The lowest BCUT2D eigenvalue weighted by atomic mass is 10.1. The molecule has 0 atom stereocenters. The second-order valence-electron chi connectivity index (χ2n) is 5.35. The number of carbonyl (C=O) groups excluding carboxylic acids is 1. The molecule has 2 aromatic rings. The van der Waals surface area contributed by atoms with Crippen molar-refractivity contribution in [3.63, 3.8) is 0 Å². The number of amides is 1. The van der Waals surface area contributed by atoms with Gasteiger partial charge in [0.15, 0.2) is 11.5 Å². The van der Waals surface area contributed by atoms with Crippen LogP contribution in [0.5, 0.6) is 11.5 Å². The average Bonchev–Trinajstić information content (AvgIpc) is 2.62. The van der Waals surface area contributed by atoms with Gasteiger partial charge in [0.1, 0.15) is 5.82 Å². The predicted octanol–water partition coefficient (Wildman–Crippen LogP) is 4.66. The Hall–Kier alpha value is -2.08. The van der Waals surface area contributed by atoms with E-state index in [-0.39, 0.29) is 18.3 Å². The second kappa shape index (κ2) is 8.85. The molecular weight excluding hydrogens is 389 g/mol. The van der Waals surface area contributed by atoms with Crippen LogP contribution in [0, 0.1) is 5.82 Å². The Bertz CT molecular complexity index is 751. The van der Waals surface area contributed by atoms with E-state index in [0.717, 1.165) is 4.47 Å². The third kappa shape index (κ3) is 4.72. The van der Waals surface area contributed by atoms with Gasteiger partial charge < -0.3 is 14.4 Å². The summed E-state index contributed by atoms with van der Waals surface area (Å²) in [5.74, 6) is 0.557. The lowest BCUT2D eigenvalue weighted by Gasteiger charge is -2.22. The highest BCUT2D eigenvalue weighted by molar-refractivity contribution is 9.10. The highest BCUT2D eigenvalue weighted by atomic mass is 79.9. The molecule has 0 aliphatic heterocycles. The highest BCUT2D eigenvalue weighted by Crippen LogP contribution is 2.29. The summed E-state index contributed by atoms with van der Waals surface area (Å²) in [6.07, 6.45) is 0. The first kappa shape index (κ1) is 19.2. The van der Waals surface area contributed by atoms with Crippen LogP contribution in [0.4, 0.5) is 4.39 Å². The van der Waals surface area contributed by atoms with Crippen molar-refractivity contribution < 1.29 is 18.7 Å². The van der Waals surface area contributed by atoms with Crippen LogP contribution in [-0.2, 0) is 6.54 Å². The first-order chi connectivity index (χ1) is 12.0. The maximum absolute atomic E-state index is 14.0. The number of ether oxygens (including phenoxy) is 2. The summed E-state index contributed by atoms with van der Waals surface area (Å²) in [7, 11) is 1.53.